The third kappa shape index (κ3) is 4.47. The van der Waals surface area contributed by atoms with Gasteiger partial charge in [0.2, 0.25) is 5.89 Å². The molecule has 0 bridgehead atoms. The maximum absolute atomic E-state index is 11.4. The summed E-state index contributed by atoms with van der Waals surface area (Å²) in [6.07, 6.45) is 0. The number of esters is 1. The summed E-state index contributed by atoms with van der Waals surface area (Å²) >= 11 is 7.05. The summed E-state index contributed by atoms with van der Waals surface area (Å²) in [5, 5.41) is 10.7. The lowest BCUT2D eigenvalue weighted by atomic mass is 10.2. The van der Waals surface area contributed by atoms with Crippen LogP contribution in [0.4, 0.5) is 0 Å². The molecule has 0 aliphatic heterocycles. The van der Waals surface area contributed by atoms with Gasteiger partial charge in [-0.25, -0.2) is 0 Å². The fourth-order valence-electron chi connectivity index (χ4n) is 1.39. The SMILES string of the molecule is CNC(=O)COC(=O)CSc1nnc(-c2ccccc2Cl)o1. The lowest BCUT2D eigenvalue weighted by molar-refractivity contribution is -0.145. The molecule has 1 amide bonds. The van der Waals surface area contributed by atoms with Crippen molar-refractivity contribution < 1.29 is 18.7 Å². The standard InChI is InChI=1S/C13H12ClN3O4S/c1-15-10(18)6-20-11(19)7-22-13-17-16-12(21-13)8-4-2-3-5-9(8)14/h2-5H,6-7H2,1H3,(H,15,18). The monoisotopic (exact) mass is 341 g/mol. The molecule has 116 valence electrons. The normalized spacial score (nSPS) is 10.3. The maximum Gasteiger partial charge on any atom is 0.316 e. The summed E-state index contributed by atoms with van der Waals surface area (Å²) < 4.78 is 10.2. The van der Waals surface area contributed by atoms with Crippen LogP contribution >= 0.6 is 23.4 Å². The molecule has 1 aromatic heterocycles. The van der Waals surface area contributed by atoms with E-state index in [4.69, 9.17) is 20.8 Å². The van der Waals surface area contributed by atoms with Crippen LogP contribution in [0.25, 0.3) is 11.5 Å². The predicted octanol–water partition coefficient (Wildman–Crippen LogP) is 1.77. The highest BCUT2D eigenvalue weighted by atomic mass is 35.5. The molecule has 0 radical (unpaired) electrons. The Morgan fingerprint density at radius 3 is 2.86 bits per heavy atom. The highest BCUT2D eigenvalue weighted by molar-refractivity contribution is 7.99. The molecule has 22 heavy (non-hydrogen) atoms. The second-order valence-corrected chi connectivity index (χ2v) is 5.31. The summed E-state index contributed by atoms with van der Waals surface area (Å²) in [6.45, 7) is -0.315. The zero-order chi connectivity index (χ0) is 15.9. The van der Waals surface area contributed by atoms with Gasteiger partial charge in [-0.05, 0) is 12.1 Å². The van der Waals surface area contributed by atoms with E-state index in [0.29, 0.717) is 10.6 Å². The van der Waals surface area contributed by atoms with Gasteiger partial charge in [0.25, 0.3) is 11.1 Å². The van der Waals surface area contributed by atoms with E-state index in [1.165, 1.54) is 7.05 Å². The van der Waals surface area contributed by atoms with Gasteiger partial charge in [-0.1, -0.05) is 35.5 Å². The average Bonchev–Trinajstić information content (AvgIpc) is 2.99. The van der Waals surface area contributed by atoms with Crippen molar-refractivity contribution in [3.05, 3.63) is 29.3 Å². The van der Waals surface area contributed by atoms with Crippen molar-refractivity contribution in [1.29, 1.82) is 0 Å². The van der Waals surface area contributed by atoms with Crippen LogP contribution in [-0.2, 0) is 14.3 Å². The molecule has 0 fully saturated rings. The summed E-state index contributed by atoms with van der Waals surface area (Å²) in [5.74, 6) is -0.698. The number of ether oxygens (including phenoxy) is 1. The van der Waals surface area contributed by atoms with Gasteiger partial charge in [-0.2, -0.15) is 0 Å². The van der Waals surface area contributed by atoms with Crippen molar-refractivity contribution in [2.45, 2.75) is 5.22 Å². The van der Waals surface area contributed by atoms with Crippen molar-refractivity contribution in [3.63, 3.8) is 0 Å². The molecule has 1 N–H and O–H groups in total. The van der Waals surface area contributed by atoms with Crippen LogP contribution in [0.5, 0.6) is 0 Å². The predicted molar refractivity (Wildman–Crippen MR) is 80.5 cm³/mol. The van der Waals surface area contributed by atoms with Gasteiger partial charge in [-0.15, -0.1) is 10.2 Å². The fraction of sp³-hybridized carbons (Fsp3) is 0.231. The van der Waals surface area contributed by atoms with Crippen LogP contribution in [0.3, 0.4) is 0 Å². The molecule has 0 unspecified atom stereocenters. The first-order valence-electron chi connectivity index (χ1n) is 6.17. The Balaban J connectivity index is 1.89. The maximum atomic E-state index is 11.4. The molecule has 0 aliphatic rings. The Bertz CT molecular complexity index is 677. The number of likely N-dealkylation sites (N-methyl/N-ethyl adjacent to an activating group) is 1. The van der Waals surface area contributed by atoms with Crippen LogP contribution in [0.2, 0.25) is 5.02 Å². The van der Waals surface area contributed by atoms with Crippen LogP contribution in [0.1, 0.15) is 0 Å². The number of thioether (sulfide) groups is 1. The summed E-state index contributed by atoms with van der Waals surface area (Å²) in [5.41, 5.74) is 0.616. The first-order chi connectivity index (χ1) is 10.6. The van der Waals surface area contributed by atoms with E-state index < -0.39 is 5.97 Å². The average molecular weight is 342 g/mol. The third-order valence-electron chi connectivity index (χ3n) is 2.47. The first-order valence-corrected chi connectivity index (χ1v) is 7.54. The minimum Gasteiger partial charge on any atom is -0.455 e. The molecular weight excluding hydrogens is 330 g/mol. The van der Waals surface area contributed by atoms with Gasteiger partial charge in [0.05, 0.1) is 10.6 Å². The Hall–Kier alpha value is -2.06. The second kappa shape index (κ2) is 7.81. The lowest BCUT2D eigenvalue weighted by Gasteiger charge is -2.01. The Kier molecular flexibility index (Phi) is 5.79. The first kappa shape index (κ1) is 16.3. The summed E-state index contributed by atoms with van der Waals surface area (Å²) in [6, 6.07) is 7.06. The number of rotatable bonds is 6. The molecule has 1 aromatic carbocycles. The van der Waals surface area contributed by atoms with Crippen molar-refractivity contribution in [2.24, 2.45) is 0 Å². The van der Waals surface area contributed by atoms with E-state index in [0.717, 1.165) is 11.8 Å². The number of nitrogens with one attached hydrogen (secondary N) is 1. The lowest BCUT2D eigenvalue weighted by Crippen LogP contribution is -2.25. The van der Waals surface area contributed by atoms with Gasteiger partial charge >= 0.3 is 5.97 Å². The molecule has 0 spiro atoms. The molecule has 2 aromatic rings. The minimum atomic E-state index is -0.550. The molecule has 7 nitrogen and oxygen atoms in total. The number of benzene rings is 1. The summed E-state index contributed by atoms with van der Waals surface area (Å²) in [7, 11) is 1.46. The number of aromatic nitrogens is 2. The van der Waals surface area contributed by atoms with Crippen LogP contribution in [0, 0.1) is 0 Å². The molecule has 1 heterocycles. The number of carbonyl (C=O) groups excluding carboxylic acids is 2. The van der Waals surface area contributed by atoms with Gasteiger partial charge in [0.1, 0.15) is 5.75 Å². The number of carbonyl (C=O) groups is 2. The van der Waals surface area contributed by atoms with Crippen LogP contribution < -0.4 is 5.32 Å². The Labute approximate surface area is 135 Å². The topological polar surface area (TPSA) is 94.3 Å². The molecule has 0 saturated carbocycles. The van der Waals surface area contributed by atoms with Crippen LogP contribution in [-0.4, -0.2) is 41.5 Å². The Morgan fingerprint density at radius 1 is 1.36 bits per heavy atom. The van der Waals surface area contributed by atoms with E-state index in [1.54, 1.807) is 24.3 Å². The summed E-state index contributed by atoms with van der Waals surface area (Å²) in [4.78, 5) is 22.4. The molecule has 0 aliphatic carbocycles. The molecule has 9 heteroatoms. The van der Waals surface area contributed by atoms with Gasteiger partial charge in [-0.3, -0.25) is 9.59 Å². The van der Waals surface area contributed by atoms with Crippen molar-refractivity contribution in [3.8, 4) is 11.5 Å². The number of hydrogen-bond donors (Lipinski definition) is 1. The molecular formula is C13H12ClN3O4S. The zero-order valence-electron chi connectivity index (χ0n) is 11.5. The fourth-order valence-corrected chi connectivity index (χ4v) is 2.17. The van der Waals surface area contributed by atoms with E-state index in [1.807, 2.05) is 0 Å². The minimum absolute atomic E-state index is 0.0405. The van der Waals surface area contributed by atoms with Crippen molar-refractivity contribution in [2.75, 3.05) is 19.4 Å². The smallest absolute Gasteiger partial charge is 0.316 e. The van der Waals surface area contributed by atoms with E-state index in [-0.39, 0.29) is 29.4 Å². The van der Waals surface area contributed by atoms with E-state index >= 15 is 0 Å². The largest absolute Gasteiger partial charge is 0.455 e. The van der Waals surface area contributed by atoms with Crippen molar-refractivity contribution in [1.82, 2.24) is 15.5 Å². The Morgan fingerprint density at radius 2 is 2.14 bits per heavy atom. The molecule has 2 rings (SSSR count). The number of halogens is 1. The number of amides is 1. The van der Waals surface area contributed by atoms with Gasteiger partial charge < -0.3 is 14.5 Å². The third-order valence-corrected chi connectivity index (χ3v) is 3.59. The van der Waals surface area contributed by atoms with Crippen molar-refractivity contribution >= 4 is 35.2 Å². The van der Waals surface area contributed by atoms with E-state index in [9.17, 15) is 9.59 Å². The second-order valence-electron chi connectivity index (χ2n) is 3.98. The molecule has 0 atom stereocenters. The molecule has 0 saturated heterocycles. The highest BCUT2D eigenvalue weighted by Crippen LogP contribution is 2.28. The highest BCUT2D eigenvalue weighted by Gasteiger charge is 2.14. The van der Waals surface area contributed by atoms with Gasteiger partial charge in [0.15, 0.2) is 6.61 Å². The quantitative estimate of drug-likeness (QED) is 0.632. The number of hydrogen-bond acceptors (Lipinski definition) is 7. The zero-order valence-corrected chi connectivity index (χ0v) is 13.1. The van der Waals surface area contributed by atoms with Crippen LogP contribution in [0.15, 0.2) is 33.9 Å². The number of nitrogens with zero attached hydrogens (tertiary/aromatic N) is 2. The van der Waals surface area contributed by atoms with E-state index in [2.05, 4.69) is 15.5 Å². The van der Waals surface area contributed by atoms with Gasteiger partial charge in [0, 0.05) is 7.05 Å².